The minimum atomic E-state index is -5.22. The minimum Gasteiger partial charge on any atom is -0.463 e. The molecule has 0 aliphatic carbocycles. The molecule has 1 aromatic heterocycles. The summed E-state index contributed by atoms with van der Waals surface area (Å²) in [6.45, 7) is 1.08. The molecule has 0 amide bonds. The average Bonchev–Trinajstić information content (AvgIpc) is 2.56. The van der Waals surface area contributed by atoms with Gasteiger partial charge in [-0.1, -0.05) is 18.2 Å². The van der Waals surface area contributed by atoms with Gasteiger partial charge >= 0.3 is 12.1 Å². The molecule has 0 saturated heterocycles. The van der Waals surface area contributed by atoms with E-state index in [0.29, 0.717) is 11.2 Å². The molecule has 0 aliphatic heterocycles. The number of aromatic nitrogens is 1. The van der Waals surface area contributed by atoms with Crippen LogP contribution in [-0.2, 0) is 22.2 Å². The van der Waals surface area contributed by atoms with E-state index in [1.165, 1.54) is 19.1 Å². The second-order valence-electron chi connectivity index (χ2n) is 5.26. The van der Waals surface area contributed by atoms with Crippen LogP contribution in [0.5, 0.6) is 0 Å². The first-order valence-electron chi connectivity index (χ1n) is 7.43. The first-order valence-corrected chi connectivity index (χ1v) is 7.43. The minimum absolute atomic E-state index is 0.283. The second-order valence-corrected chi connectivity index (χ2v) is 5.26. The number of halogens is 3. The number of rotatable bonds is 4. The number of aliphatic hydroxyl groups is 1. The molecule has 1 atom stereocenters. The molecule has 0 radical (unpaired) electrons. The lowest BCUT2D eigenvalue weighted by molar-refractivity contribution is -0.267. The van der Waals surface area contributed by atoms with E-state index in [2.05, 4.69) is 9.73 Å². The molecule has 1 aromatic carbocycles. The predicted octanol–water partition coefficient (Wildman–Crippen LogP) is 2.57. The van der Waals surface area contributed by atoms with Gasteiger partial charge in [-0.15, -0.1) is 0 Å². The lowest BCUT2D eigenvalue weighted by atomic mass is 9.93. The maximum Gasteiger partial charge on any atom is 0.432 e. The Labute approximate surface area is 142 Å². The van der Waals surface area contributed by atoms with E-state index in [-0.39, 0.29) is 6.61 Å². The van der Waals surface area contributed by atoms with Crippen molar-refractivity contribution in [3.8, 4) is 0 Å². The van der Waals surface area contributed by atoms with Crippen molar-refractivity contribution >= 4 is 11.7 Å². The van der Waals surface area contributed by atoms with Crippen LogP contribution >= 0.6 is 0 Å². The van der Waals surface area contributed by atoms with Gasteiger partial charge in [0.1, 0.15) is 5.49 Å². The van der Waals surface area contributed by atoms with E-state index in [0.717, 1.165) is 12.1 Å². The smallest absolute Gasteiger partial charge is 0.432 e. The first-order chi connectivity index (χ1) is 11.7. The summed E-state index contributed by atoms with van der Waals surface area (Å²) in [5, 5.41) is 10.0. The van der Waals surface area contributed by atoms with Crippen molar-refractivity contribution in [3.05, 3.63) is 59.7 Å². The van der Waals surface area contributed by atoms with Crippen LogP contribution in [0.15, 0.2) is 53.7 Å². The highest BCUT2D eigenvalue weighted by atomic mass is 19.4. The summed E-state index contributed by atoms with van der Waals surface area (Å²) in [5.41, 5.74) is -3.39. The molecule has 0 aliphatic rings. The number of carbonyl (C=O) groups excluding carboxylic acids is 1. The van der Waals surface area contributed by atoms with Crippen LogP contribution in [0.3, 0.4) is 0 Å². The third-order valence-electron chi connectivity index (χ3n) is 3.54. The molecule has 0 saturated carbocycles. The third kappa shape index (κ3) is 3.74. The molecule has 2 rings (SSSR count). The Morgan fingerprint density at radius 1 is 1.20 bits per heavy atom. The molecule has 0 unspecified atom stereocenters. The maximum atomic E-state index is 13.3. The molecule has 8 heteroatoms. The summed E-state index contributed by atoms with van der Waals surface area (Å²) >= 11 is 0. The zero-order valence-corrected chi connectivity index (χ0v) is 13.6. The number of nitrogens with zero attached hydrogens (tertiary/aromatic N) is 2. The second kappa shape index (κ2) is 7.10. The summed E-state index contributed by atoms with van der Waals surface area (Å²) in [6, 6.07) is 9.91. The molecule has 0 fully saturated rings. The number of ether oxygens (including phenoxy) is 1. The number of pyridine rings is 1. The highest BCUT2D eigenvalue weighted by Crippen LogP contribution is 2.40. The Balaban J connectivity index is 2.45. The number of esters is 1. The summed E-state index contributed by atoms with van der Waals surface area (Å²) < 4.78 is 46.0. The molecule has 0 bridgehead atoms. The summed E-state index contributed by atoms with van der Waals surface area (Å²) in [5.74, 6) is -1.76. The normalized spacial score (nSPS) is 14.9. The van der Waals surface area contributed by atoms with Gasteiger partial charge in [0.2, 0.25) is 0 Å². The SMILES string of the molecule is CCOC(=O)[C@](O)(c1ccc(N=c2ccccn2C)cc1)C(F)(F)F. The topological polar surface area (TPSA) is 63.8 Å². The van der Waals surface area contributed by atoms with Crippen molar-refractivity contribution in [2.45, 2.75) is 18.7 Å². The molecule has 0 spiro atoms. The summed E-state index contributed by atoms with van der Waals surface area (Å²) in [6.07, 6.45) is -3.44. The number of benzene rings is 1. The van der Waals surface area contributed by atoms with Gasteiger partial charge < -0.3 is 14.4 Å². The fraction of sp³-hybridized carbons (Fsp3) is 0.294. The molecule has 25 heavy (non-hydrogen) atoms. The van der Waals surface area contributed by atoms with Crippen molar-refractivity contribution in [2.24, 2.45) is 12.0 Å². The lowest BCUT2D eigenvalue weighted by Gasteiger charge is -2.28. The highest BCUT2D eigenvalue weighted by molar-refractivity contribution is 5.82. The Bertz CT molecular complexity index is 813. The zero-order valence-electron chi connectivity index (χ0n) is 13.6. The quantitative estimate of drug-likeness (QED) is 0.859. The summed E-state index contributed by atoms with van der Waals surface area (Å²) in [7, 11) is 1.77. The Hall–Kier alpha value is -2.61. The molecule has 134 valence electrons. The van der Waals surface area contributed by atoms with Crippen LogP contribution in [0.4, 0.5) is 18.9 Å². The van der Waals surface area contributed by atoms with Crippen LogP contribution in [0, 0.1) is 0 Å². The number of carbonyl (C=O) groups is 1. The van der Waals surface area contributed by atoms with Crippen LogP contribution < -0.4 is 5.49 Å². The van der Waals surface area contributed by atoms with E-state index in [1.807, 2.05) is 6.07 Å². The van der Waals surface area contributed by atoms with Crippen LogP contribution in [0.1, 0.15) is 12.5 Å². The van der Waals surface area contributed by atoms with E-state index >= 15 is 0 Å². The Morgan fingerprint density at radius 2 is 1.84 bits per heavy atom. The number of alkyl halides is 3. The van der Waals surface area contributed by atoms with Gasteiger partial charge in [-0.25, -0.2) is 9.79 Å². The van der Waals surface area contributed by atoms with Gasteiger partial charge in [0.05, 0.1) is 12.3 Å². The van der Waals surface area contributed by atoms with Crippen molar-refractivity contribution in [2.75, 3.05) is 6.61 Å². The molecule has 1 N–H and O–H groups in total. The molecular weight excluding hydrogens is 337 g/mol. The first kappa shape index (κ1) is 18.7. The number of aryl methyl sites for hydroxylation is 1. The van der Waals surface area contributed by atoms with Crippen LogP contribution in [0.25, 0.3) is 0 Å². The average molecular weight is 354 g/mol. The third-order valence-corrected chi connectivity index (χ3v) is 3.54. The zero-order chi connectivity index (χ0) is 18.7. The monoisotopic (exact) mass is 354 g/mol. The lowest BCUT2D eigenvalue weighted by Crippen LogP contribution is -2.50. The Kier molecular flexibility index (Phi) is 5.32. The Morgan fingerprint density at radius 3 is 2.36 bits per heavy atom. The van der Waals surface area contributed by atoms with Gasteiger partial charge in [0.25, 0.3) is 5.60 Å². The van der Waals surface area contributed by atoms with E-state index in [4.69, 9.17) is 0 Å². The maximum absolute atomic E-state index is 13.3. The molecule has 1 heterocycles. The van der Waals surface area contributed by atoms with E-state index in [1.54, 1.807) is 29.9 Å². The number of hydrogen-bond donors (Lipinski definition) is 1. The van der Waals surface area contributed by atoms with Gasteiger partial charge in [-0.3, -0.25) is 0 Å². The molecule has 5 nitrogen and oxygen atoms in total. The molecule has 2 aromatic rings. The highest BCUT2D eigenvalue weighted by Gasteiger charge is 2.62. The predicted molar refractivity (Wildman–Crippen MR) is 83.7 cm³/mol. The van der Waals surface area contributed by atoms with E-state index < -0.39 is 23.3 Å². The number of hydrogen-bond acceptors (Lipinski definition) is 4. The van der Waals surface area contributed by atoms with Gasteiger partial charge in [-0.2, -0.15) is 13.2 Å². The largest absolute Gasteiger partial charge is 0.463 e. The fourth-order valence-electron chi connectivity index (χ4n) is 2.17. The fourth-order valence-corrected chi connectivity index (χ4v) is 2.17. The van der Waals surface area contributed by atoms with Crippen molar-refractivity contribution in [1.29, 1.82) is 0 Å². The van der Waals surface area contributed by atoms with Crippen molar-refractivity contribution in [1.82, 2.24) is 4.57 Å². The van der Waals surface area contributed by atoms with Gasteiger partial charge in [-0.05, 0) is 31.2 Å². The van der Waals surface area contributed by atoms with Crippen molar-refractivity contribution < 1.29 is 27.8 Å². The van der Waals surface area contributed by atoms with Crippen molar-refractivity contribution in [3.63, 3.8) is 0 Å². The molecular formula is C17H17F3N2O3. The van der Waals surface area contributed by atoms with Gasteiger partial charge in [0, 0.05) is 18.8 Å². The van der Waals surface area contributed by atoms with Crippen LogP contribution in [-0.4, -0.2) is 28.4 Å². The van der Waals surface area contributed by atoms with E-state index in [9.17, 15) is 23.1 Å². The standard InChI is InChI=1S/C17H17F3N2O3/c1-3-25-15(23)16(24,17(18,19)20)12-7-9-13(10-8-12)21-14-6-4-5-11-22(14)2/h4-11,24H,3H2,1-2H3/t16-/m1/s1. The summed E-state index contributed by atoms with van der Waals surface area (Å²) in [4.78, 5) is 16.0. The van der Waals surface area contributed by atoms with Crippen LogP contribution in [0.2, 0.25) is 0 Å². The van der Waals surface area contributed by atoms with Gasteiger partial charge in [0.15, 0.2) is 0 Å².